The summed E-state index contributed by atoms with van der Waals surface area (Å²) in [5.41, 5.74) is 1.55. The van der Waals surface area contributed by atoms with Crippen molar-refractivity contribution in [2.45, 2.75) is 13.3 Å². The fraction of sp³-hybridized carbons (Fsp3) is 0.160. The largest absolute Gasteiger partial charge is 0.496 e. The maximum atomic E-state index is 12.4. The topological polar surface area (TPSA) is 90.9 Å². The van der Waals surface area contributed by atoms with Crippen LogP contribution in [-0.2, 0) is 4.79 Å². The highest BCUT2D eigenvalue weighted by Crippen LogP contribution is 2.21. The minimum absolute atomic E-state index is 0.0403. The van der Waals surface area contributed by atoms with Gasteiger partial charge < -0.3 is 19.5 Å². The first kappa shape index (κ1) is 22.6. The standard InChI is InChI=1S/C25H23NO6/c1-3-22(27)17-8-12-19(13-9-17)31-16-24(28)32-20-14-10-18(11-15-20)26-25(29)21-6-4-5-7-23(21)30-2/h4-15H,3,16H2,1-2H3,(H,26,29). The number of nitrogens with one attached hydrogen (secondary N) is 1. The molecule has 32 heavy (non-hydrogen) atoms. The van der Waals surface area contributed by atoms with Crippen molar-refractivity contribution in [2.75, 3.05) is 19.0 Å². The van der Waals surface area contributed by atoms with Gasteiger partial charge in [0.1, 0.15) is 17.2 Å². The van der Waals surface area contributed by atoms with Crippen LogP contribution in [0.4, 0.5) is 5.69 Å². The predicted octanol–water partition coefficient (Wildman–Crippen LogP) is 4.52. The molecule has 1 amide bonds. The van der Waals surface area contributed by atoms with Crippen LogP contribution in [0, 0.1) is 0 Å². The minimum atomic E-state index is -0.579. The average molecular weight is 433 g/mol. The molecule has 0 aliphatic heterocycles. The fourth-order valence-corrected chi connectivity index (χ4v) is 2.88. The maximum absolute atomic E-state index is 12.4. The molecule has 0 heterocycles. The molecule has 0 aliphatic carbocycles. The van der Waals surface area contributed by atoms with E-state index in [9.17, 15) is 14.4 Å². The molecule has 0 saturated heterocycles. The summed E-state index contributed by atoms with van der Waals surface area (Å²) in [4.78, 5) is 36.1. The summed E-state index contributed by atoms with van der Waals surface area (Å²) >= 11 is 0. The van der Waals surface area contributed by atoms with Crippen molar-refractivity contribution in [1.29, 1.82) is 0 Å². The molecule has 3 aromatic carbocycles. The zero-order valence-corrected chi connectivity index (χ0v) is 17.8. The van der Waals surface area contributed by atoms with Crippen molar-refractivity contribution in [3.8, 4) is 17.2 Å². The summed E-state index contributed by atoms with van der Waals surface area (Å²) in [6, 6.07) is 19.9. The second-order valence-electron chi connectivity index (χ2n) is 6.74. The number of hydrogen-bond donors (Lipinski definition) is 1. The third-order valence-corrected chi connectivity index (χ3v) is 4.55. The van der Waals surface area contributed by atoms with E-state index in [0.717, 1.165) is 0 Å². The zero-order chi connectivity index (χ0) is 22.9. The van der Waals surface area contributed by atoms with Crippen molar-refractivity contribution in [3.63, 3.8) is 0 Å². The van der Waals surface area contributed by atoms with Gasteiger partial charge in [0, 0.05) is 17.7 Å². The van der Waals surface area contributed by atoms with Crippen LogP contribution >= 0.6 is 0 Å². The molecule has 0 spiro atoms. The number of anilines is 1. The Morgan fingerprint density at radius 3 is 2.16 bits per heavy atom. The van der Waals surface area contributed by atoms with Crippen LogP contribution in [0.5, 0.6) is 17.2 Å². The lowest BCUT2D eigenvalue weighted by atomic mass is 10.1. The van der Waals surface area contributed by atoms with Gasteiger partial charge in [0.25, 0.3) is 5.91 Å². The zero-order valence-electron chi connectivity index (χ0n) is 17.8. The first-order valence-corrected chi connectivity index (χ1v) is 10.0. The number of esters is 1. The SMILES string of the molecule is CCC(=O)c1ccc(OCC(=O)Oc2ccc(NC(=O)c3ccccc3OC)cc2)cc1. The molecule has 0 atom stereocenters. The van der Waals surface area contributed by atoms with Crippen LogP contribution in [-0.4, -0.2) is 31.4 Å². The number of rotatable bonds is 9. The monoisotopic (exact) mass is 433 g/mol. The minimum Gasteiger partial charge on any atom is -0.496 e. The van der Waals surface area contributed by atoms with Gasteiger partial charge in [-0.2, -0.15) is 0 Å². The number of ketones is 1. The van der Waals surface area contributed by atoms with E-state index in [1.807, 2.05) is 0 Å². The fourth-order valence-electron chi connectivity index (χ4n) is 2.88. The molecular weight excluding hydrogens is 410 g/mol. The Bertz CT molecular complexity index is 1090. The van der Waals surface area contributed by atoms with Gasteiger partial charge in [0.05, 0.1) is 12.7 Å². The molecule has 1 N–H and O–H groups in total. The van der Waals surface area contributed by atoms with Crippen LogP contribution < -0.4 is 19.5 Å². The van der Waals surface area contributed by atoms with Gasteiger partial charge in [-0.25, -0.2) is 4.79 Å². The molecule has 0 aromatic heterocycles. The molecule has 7 heteroatoms. The van der Waals surface area contributed by atoms with Crippen molar-refractivity contribution in [1.82, 2.24) is 0 Å². The van der Waals surface area contributed by atoms with Crippen LogP contribution in [0.1, 0.15) is 34.1 Å². The van der Waals surface area contributed by atoms with Gasteiger partial charge in [0.2, 0.25) is 0 Å². The Labute approximate surface area is 185 Å². The smallest absolute Gasteiger partial charge is 0.349 e. The second-order valence-corrected chi connectivity index (χ2v) is 6.74. The quantitative estimate of drug-likeness (QED) is 0.303. The molecule has 0 fully saturated rings. The number of carbonyl (C=O) groups is 3. The molecule has 3 rings (SSSR count). The summed E-state index contributed by atoms with van der Waals surface area (Å²) < 4.78 is 15.8. The summed E-state index contributed by atoms with van der Waals surface area (Å²) in [7, 11) is 1.50. The Hall–Kier alpha value is -4.13. The maximum Gasteiger partial charge on any atom is 0.349 e. The van der Waals surface area contributed by atoms with Crippen LogP contribution in [0.15, 0.2) is 72.8 Å². The highest BCUT2D eigenvalue weighted by Gasteiger charge is 2.12. The first-order chi connectivity index (χ1) is 15.5. The number of ether oxygens (including phenoxy) is 3. The number of amides is 1. The van der Waals surface area contributed by atoms with E-state index >= 15 is 0 Å². The van der Waals surface area contributed by atoms with Gasteiger partial charge in [-0.05, 0) is 60.7 Å². The van der Waals surface area contributed by atoms with E-state index in [4.69, 9.17) is 14.2 Å². The lowest BCUT2D eigenvalue weighted by Crippen LogP contribution is -2.17. The number of Topliss-reactive ketones (excluding diaryl/α,β-unsaturated/α-hetero) is 1. The van der Waals surface area contributed by atoms with E-state index in [1.165, 1.54) is 7.11 Å². The highest BCUT2D eigenvalue weighted by molar-refractivity contribution is 6.06. The molecule has 0 saturated carbocycles. The third-order valence-electron chi connectivity index (χ3n) is 4.55. The van der Waals surface area contributed by atoms with E-state index in [1.54, 1.807) is 79.7 Å². The van der Waals surface area contributed by atoms with Gasteiger partial charge in [0.15, 0.2) is 12.4 Å². The molecule has 0 bridgehead atoms. The van der Waals surface area contributed by atoms with Gasteiger partial charge in [-0.15, -0.1) is 0 Å². The normalized spacial score (nSPS) is 10.2. The number of benzene rings is 3. The Kier molecular flexibility index (Phi) is 7.59. The van der Waals surface area contributed by atoms with E-state index < -0.39 is 5.97 Å². The van der Waals surface area contributed by atoms with Gasteiger partial charge in [-0.3, -0.25) is 9.59 Å². The summed E-state index contributed by atoms with van der Waals surface area (Å²) in [6.45, 7) is 1.51. The number of hydrogen-bond acceptors (Lipinski definition) is 6. The van der Waals surface area contributed by atoms with E-state index in [-0.39, 0.29) is 18.3 Å². The molecule has 0 radical (unpaired) electrons. The van der Waals surface area contributed by atoms with Crippen LogP contribution in [0.2, 0.25) is 0 Å². The van der Waals surface area contributed by atoms with Gasteiger partial charge in [-0.1, -0.05) is 19.1 Å². The molecule has 0 aliphatic rings. The lowest BCUT2D eigenvalue weighted by molar-refractivity contribution is -0.136. The number of para-hydroxylation sites is 1. The summed E-state index contributed by atoms with van der Waals surface area (Å²) in [6.07, 6.45) is 0.426. The van der Waals surface area contributed by atoms with Crippen LogP contribution in [0.3, 0.4) is 0 Å². The van der Waals surface area contributed by atoms with Crippen molar-refractivity contribution in [2.24, 2.45) is 0 Å². The lowest BCUT2D eigenvalue weighted by Gasteiger charge is -2.10. The summed E-state index contributed by atoms with van der Waals surface area (Å²) in [5.74, 6) is 0.402. The Balaban J connectivity index is 1.51. The molecular formula is C25H23NO6. The second kappa shape index (κ2) is 10.8. The van der Waals surface area contributed by atoms with Crippen molar-refractivity contribution in [3.05, 3.63) is 83.9 Å². The Morgan fingerprint density at radius 2 is 1.50 bits per heavy atom. The van der Waals surface area contributed by atoms with E-state index in [2.05, 4.69) is 5.32 Å². The third kappa shape index (κ3) is 5.95. The van der Waals surface area contributed by atoms with E-state index in [0.29, 0.717) is 40.5 Å². The molecule has 0 unspecified atom stereocenters. The van der Waals surface area contributed by atoms with Crippen molar-refractivity contribution < 1.29 is 28.6 Å². The van der Waals surface area contributed by atoms with Crippen LogP contribution in [0.25, 0.3) is 0 Å². The Morgan fingerprint density at radius 1 is 0.844 bits per heavy atom. The molecule has 3 aromatic rings. The summed E-state index contributed by atoms with van der Waals surface area (Å²) in [5, 5.41) is 2.77. The average Bonchev–Trinajstić information content (AvgIpc) is 2.83. The highest BCUT2D eigenvalue weighted by atomic mass is 16.6. The van der Waals surface area contributed by atoms with Gasteiger partial charge >= 0.3 is 5.97 Å². The van der Waals surface area contributed by atoms with Crippen molar-refractivity contribution >= 4 is 23.3 Å². The first-order valence-electron chi connectivity index (χ1n) is 10.0. The number of methoxy groups -OCH3 is 1. The predicted molar refractivity (Wildman–Crippen MR) is 120 cm³/mol. The molecule has 7 nitrogen and oxygen atoms in total. The number of carbonyl (C=O) groups excluding carboxylic acids is 3. The molecule has 164 valence electrons.